The largest absolute Gasteiger partial charge is 0.465 e. The molecule has 0 saturated heterocycles. The fourth-order valence-corrected chi connectivity index (χ4v) is 2.43. The quantitative estimate of drug-likeness (QED) is 0.428. The third kappa shape index (κ3) is 4.94. The molecule has 0 saturated carbocycles. The van der Waals surface area contributed by atoms with Crippen LogP contribution in [-0.4, -0.2) is 27.7 Å². The highest BCUT2D eigenvalue weighted by Crippen LogP contribution is 2.20. The molecule has 1 aromatic rings. The summed E-state index contributed by atoms with van der Waals surface area (Å²) in [6.45, 7) is 4.60. The highest BCUT2D eigenvalue weighted by molar-refractivity contribution is 8.01. The van der Waals surface area contributed by atoms with Gasteiger partial charge in [-0.05, 0) is 18.0 Å². The molecule has 0 aliphatic carbocycles. The number of ether oxygens (including phenoxy) is 1. The number of carbonyl (C=O) groups is 1. The molecule has 0 radical (unpaired) electrons. The van der Waals surface area contributed by atoms with Crippen LogP contribution in [0, 0.1) is 0 Å². The molecule has 0 fully saturated rings. The summed E-state index contributed by atoms with van der Waals surface area (Å²) in [5, 5.41) is 0. The van der Waals surface area contributed by atoms with Crippen LogP contribution in [0.2, 0.25) is 0 Å². The van der Waals surface area contributed by atoms with E-state index >= 15 is 0 Å². The summed E-state index contributed by atoms with van der Waals surface area (Å²) in [7, 11) is 0. The van der Waals surface area contributed by atoms with Gasteiger partial charge in [0.15, 0.2) is 4.34 Å². The number of unbranched alkanes of at least 4 members (excludes halogenated alkanes) is 1. The zero-order valence-corrected chi connectivity index (χ0v) is 11.2. The molecule has 0 aliphatic heterocycles. The Bertz CT molecular complexity index is 328. The Morgan fingerprint density at radius 1 is 1.50 bits per heavy atom. The van der Waals surface area contributed by atoms with Gasteiger partial charge in [-0.15, -0.1) is 0 Å². The van der Waals surface area contributed by atoms with E-state index in [2.05, 4.69) is 16.3 Å². The van der Waals surface area contributed by atoms with Gasteiger partial charge >= 0.3 is 5.97 Å². The average Bonchev–Trinajstić information content (AvgIpc) is 2.74. The molecule has 6 heteroatoms. The standard InChI is InChI=1S/C10H16N2O2S2/c1-3-5-6-14-9(13)7-15-10-11-8(4-2)12-16-10/h3-7H2,1-2H3. The molecule has 1 rings (SSSR count). The number of rotatable bonds is 7. The monoisotopic (exact) mass is 260 g/mol. The maximum Gasteiger partial charge on any atom is 0.316 e. The molecule has 0 unspecified atom stereocenters. The van der Waals surface area contributed by atoms with E-state index < -0.39 is 0 Å². The predicted molar refractivity (Wildman–Crippen MR) is 65.9 cm³/mol. The van der Waals surface area contributed by atoms with Crippen molar-refractivity contribution in [2.75, 3.05) is 12.4 Å². The van der Waals surface area contributed by atoms with E-state index in [4.69, 9.17) is 4.74 Å². The number of esters is 1. The smallest absolute Gasteiger partial charge is 0.316 e. The van der Waals surface area contributed by atoms with Crippen LogP contribution in [0.25, 0.3) is 0 Å². The number of hydrogen-bond acceptors (Lipinski definition) is 6. The minimum Gasteiger partial charge on any atom is -0.465 e. The van der Waals surface area contributed by atoms with Crippen LogP contribution in [0.5, 0.6) is 0 Å². The fourth-order valence-electron chi connectivity index (χ4n) is 0.933. The third-order valence-electron chi connectivity index (χ3n) is 1.84. The number of nitrogens with zero attached hydrogens (tertiary/aromatic N) is 2. The number of aryl methyl sites for hydroxylation is 1. The summed E-state index contributed by atoms with van der Waals surface area (Å²) in [6, 6.07) is 0. The Balaban J connectivity index is 2.20. The minimum absolute atomic E-state index is 0.174. The molecule has 0 amide bonds. The first-order valence-electron chi connectivity index (χ1n) is 5.37. The van der Waals surface area contributed by atoms with Gasteiger partial charge in [0, 0.05) is 6.42 Å². The lowest BCUT2D eigenvalue weighted by molar-refractivity contribution is -0.140. The second-order valence-electron chi connectivity index (χ2n) is 3.19. The third-order valence-corrected chi connectivity index (χ3v) is 3.69. The molecular formula is C10H16N2O2S2. The van der Waals surface area contributed by atoms with Crippen LogP contribution in [0.15, 0.2) is 4.34 Å². The van der Waals surface area contributed by atoms with Gasteiger partial charge in [0.05, 0.1) is 12.4 Å². The normalized spacial score (nSPS) is 10.4. The molecular weight excluding hydrogens is 244 g/mol. The van der Waals surface area contributed by atoms with Crippen LogP contribution in [0.4, 0.5) is 0 Å². The summed E-state index contributed by atoms with van der Waals surface area (Å²) in [4.78, 5) is 15.5. The molecule has 0 N–H and O–H groups in total. The van der Waals surface area contributed by atoms with E-state index in [1.807, 2.05) is 6.92 Å². The van der Waals surface area contributed by atoms with Gasteiger partial charge < -0.3 is 4.74 Å². The summed E-state index contributed by atoms with van der Waals surface area (Å²) >= 11 is 2.73. The highest BCUT2D eigenvalue weighted by Gasteiger charge is 2.07. The van der Waals surface area contributed by atoms with Crippen molar-refractivity contribution in [1.82, 2.24) is 9.36 Å². The van der Waals surface area contributed by atoms with Gasteiger partial charge in [-0.3, -0.25) is 4.79 Å². The van der Waals surface area contributed by atoms with Gasteiger partial charge in [0.1, 0.15) is 5.82 Å². The first-order valence-corrected chi connectivity index (χ1v) is 7.13. The molecule has 0 aliphatic rings. The van der Waals surface area contributed by atoms with E-state index in [1.165, 1.54) is 23.3 Å². The molecule has 0 atom stereocenters. The average molecular weight is 260 g/mol. The van der Waals surface area contributed by atoms with E-state index in [1.54, 1.807) is 0 Å². The van der Waals surface area contributed by atoms with E-state index in [0.29, 0.717) is 12.4 Å². The van der Waals surface area contributed by atoms with Gasteiger partial charge in [-0.1, -0.05) is 32.0 Å². The zero-order chi connectivity index (χ0) is 11.8. The topological polar surface area (TPSA) is 52.1 Å². The van der Waals surface area contributed by atoms with Crippen molar-refractivity contribution < 1.29 is 9.53 Å². The minimum atomic E-state index is -0.174. The first-order chi connectivity index (χ1) is 7.76. The van der Waals surface area contributed by atoms with Crippen LogP contribution >= 0.6 is 23.3 Å². The van der Waals surface area contributed by atoms with Crippen molar-refractivity contribution in [3.8, 4) is 0 Å². The van der Waals surface area contributed by atoms with Gasteiger partial charge in [0.25, 0.3) is 0 Å². The van der Waals surface area contributed by atoms with Crippen molar-refractivity contribution >= 4 is 29.3 Å². The Morgan fingerprint density at radius 2 is 2.31 bits per heavy atom. The zero-order valence-electron chi connectivity index (χ0n) is 9.56. The Hall–Kier alpha value is -0.620. The second kappa shape index (κ2) is 7.62. The van der Waals surface area contributed by atoms with Gasteiger partial charge in [0.2, 0.25) is 0 Å². The molecule has 90 valence electrons. The fraction of sp³-hybridized carbons (Fsp3) is 0.700. The van der Waals surface area contributed by atoms with Crippen molar-refractivity contribution in [3.63, 3.8) is 0 Å². The molecule has 0 aromatic carbocycles. The van der Waals surface area contributed by atoms with Crippen LogP contribution < -0.4 is 0 Å². The van der Waals surface area contributed by atoms with E-state index in [9.17, 15) is 4.79 Å². The predicted octanol–water partition coefficient (Wildman–Crippen LogP) is 2.54. The van der Waals surface area contributed by atoms with Gasteiger partial charge in [-0.25, -0.2) is 4.98 Å². The van der Waals surface area contributed by atoms with E-state index in [-0.39, 0.29) is 5.97 Å². The second-order valence-corrected chi connectivity index (χ2v) is 5.17. The van der Waals surface area contributed by atoms with Crippen molar-refractivity contribution in [1.29, 1.82) is 0 Å². The first kappa shape index (κ1) is 13.4. The number of carbonyl (C=O) groups excluding carboxylic acids is 1. The highest BCUT2D eigenvalue weighted by atomic mass is 32.2. The lowest BCUT2D eigenvalue weighted by atomic mass is 10.4. The Kier molecular flexibility index (Phi) is 6.40. The van der Waals surface area contributed by atoms with Crippen LogP contribution in [0.1, 0.15) is 32.5 Å². The maximum atomic E-state index is 11.3. The number of hydrogen-bond donors (Lipinski definition) is 0. The molecule has 1 aromatic heterocycles. The molecule has 16 heavy (non-hydrogen) atoms. The molecule has 0 spiro atoms. The van der Waals surface area contributed by atoms with Crippen molar-refractivity contribution in [2.24, 2.45) is 0 Å². The number of aromatic nitrogens is 2. The van der Waals surface area contributed by atoms with E-state index in [0.717, 1.165) is 29.4 Å². The Labute approximate surface area is 104 Å². The lowest BCUT2D eigenvalue weighted by Gasteiger charge is -2.01. The van der Waals surface area contributed by atoms with Crippen molar-refractivity contribution in [3.05, 3.63) is 5.82 Å². The molecule has 4 nitrogen and oxygen atoms in total. The molecule has 0 bridgehead atoms. The maximum absolute atomic E-state index is 11.3. The molecule has 1 heterocycles. The summed E-state index contributed by atoms with van der Waals surface area (Å²) in [6.07, 6.45) is 2.80. The lowest BCUT2D eigenvalue weighted by Crippen LogP contribution is -2.08. The van der Waals surface area contributed by atoms with Crippen LogP contribution in [0.3, 0.4) is 0 Å². The summed E-state index contributed by atoms with van der Waals surface area (Å²) in [5.41, 5.74) is 0. The summed E-state index contributed by atoms with van der Waals surface area (Å²) < 4.78 is 10.0. The van der Waals surface area contributed by atoms with Gasteiger partial charge in [-0.2, -0.15) is 4.37 Å². The number of thioether (sulfide) groups is 1. The summed E-state index contributed by atoms with van der Waals surface area (Å²) in [5.74, 6) is 0.987. The SMILES string of the molecule is CCCCOC(=O)CSc1nc(CC)ns1. The van der Waals surface area contributed by atoms with Crippen LogP contribution in [-0.2, 0) is 16.0 Å². The van der Waals surface area contributed by atoms with Crippen molar-refractivity contribution in [2.45, 2.75) is 37.4 Å². The Morgan fingerprint density at radius 3 is 2.94 bits per heavy atom.